The lowest BCUT2D eigenvalue weighted by Crippen LogP contribution is -2.60. The molecule has 3 aliphatic heterocycles. The van der Waals surface area contributed by atoms with Gasteiger partial charge in [0.1, 0.15) is 11.6 Å². The van der Waals surface area contributed by atoms with Gasteiger partial charge in [-0.25, -0.2) is 0 Å². The van der Waals surface area contributed by atoms with Crippen LogP contribution in [0.15, 0.2) is 12.7 Å². The molecule has 3 aliphatic rings. The SMILES string of the molecule is C=CCN(C(=O)C1N(CCCCO)C(=O)[C@@H]2[C@@H](C(=O)O)[C@@H]3OC12CC3Br)C(C)(C)C. The van der Waals surface area contributed by atoms with Gasteiger partial charge in [-0.05, 0) is 40.0 Å². The van der Waals surface area contributed by atoms with Gasteiger partial charge in [-0.3, -0.25) is 14.4 Å². The maximum atomic E-state index is 13.9. The molecular formula is C21H31BrN2O6. The highest BCUT2D eigenvalue weighted by atomic mass is 79.9. The molecule has 0 radical (unpaired) electrons. The lowest BCUT2D eigenvalue weighted by Gasteiger charge is -2.42. The summed E-state index contributed by atoms with van der Waals surface area (Å²) in [5.74, 6) is -3.55. The van der Waals surface area contributed by atoms with Crippen LogP contribution in [0.1, 0.15) is 40.0 Å². The Balaban J connectivity index is 2.06. The number of carboxylic acids is 1. The second kappa shape index (κ2) is 8.24. The summed E-state index contributed by atoms with van der Waals surface area (Å²) in [6.45, 7) is 10.1. The lowest BCUT2D eigenvalue weighted by molar-refractivity contribution is -0.152. The summed E-state index contributed by atoms with van der Waals surface area (Å²) in [4.78, 5) is 42.3. The van der Waals surface area contributed by atoms with Crippen molar-refractivity contribution in [2.24, 2.45) is 11.8 Å². The third-order valence-electron chi connectivity index (χ3n) is 6.50. The summed E-state index contributed by atoms with van der Waals surface area (Å²) in [7, 11) is 0. The van der Waals surface area contributed by atoms with E-state index in [-0.39, 0.29) is 29.8 Å². The molecule has 2 N–H and O–H groups in total. The quantitative estimate of drug-likeness (QED) is 0.305. The number of nitrogens with zero attached hydrogens (tertiary/aromatic N) is 2. The standard InChI is InChI=1S/C21H31BrN2O6/c1-5-8-24(20(2,3)4)18(27)16-21-11-12(22)15(30-21)13(19(28)29)14(21)17(26)23(16)9-6-7-10-25/h5,12-16,25H,1,6-11H2,2-4H3,(H,28,29)/t12?,13-,14+,15-,16?,21?/m1/s1. The first kappa shape index (κ1) is 23.2. The number of fused-ring (bicyclic) bond motifs is 1. The molecule has 168 valence electrons. The number of likely N-dealkylation sites (tertiary alicyclic amines) is 1. The molecule has 3 unspecified atom stereocenters. The first-order valence-corrected chi connectivity index (χ1v) is 11.3. The van der Waals surface area contributed by atoms with Gasteiger partial charge in [0.25, 0.3) is 0 Å². The van der Waals surface area contributed by atoms with Gasteiger partial charge >= 0.3 is 5.97 Å². The van der Waals surface area contributed by atoms with E-state index in [0.717, 1.165) is 0 Å². The number of ether oxygens (including phenoxy) is 1. The Morgan fingerprint density at radius 2 is 2.07 bits per heavy atom. The summed E-state index contributed by atoms with van der Waals surface area (Å²) < 4.78 is 6.24. The summed E-state index contributed by atoms with van der Waals surface area (Å²) in [6.07, 6.45) is 2.41. The van der Waals surface area contributed by atoms with Crippen LogP contribution in [0, 0.1) is 11.8 Å². The molecule has 0 aliphatic carbocycles. The number of alkyl halides is 1. The number of carbonyl (C=O) groups is 3. The predicted molar refractivity (Wildman–Crippen MR) is 113 cm³/mol. The number of aliphatic hydroxyl groups excluding tert-OH is 1. The van der Waals surface area contributed by atoms with Gasteiger partial charge in [-0.2, -0.15) is 0 Å². The van der Waals surface area contributed by atoms with Gasteiger partial charge in [0.2, 0.25) is 11.8 Å². The van der Waals surface area contributed by atoms with E-state index in [1.54, 1.807) is 11.0 Å². The normalized spacial score (nSPS) is 34.9. The highest BCUT2D eigenvalue weighted by Gasteiger charge is 2.76. The number of carboxylic acid groups (broad SMARTS) is 1. The highest BCUT2D eigenvalue weighted by molar-refractivity contribution is 9.09. The number of rotatable bonds is 8. The third-order valence-corrected chi connectivity index (χ3v) is 7.35. The fourth-order valence-corrected chi connectivity index (χ4v) is 6.24. The molecule has 0 saturated carbocycles. The van der Waals surface area contributed by atoms with E-state index in [4.69, 9.17) is 9.84 Å². The van der Waals surface area contributed by atoms with Crippen molar-refractivity contribution in [2.75, 3.05) is 19.7 Å². The predicted octanol–water partition coefficient (Wildman–Crippen LogP) is 1.40. The number of carbonyl (C=O) groups excluding carboxylic acids is 2. The van der Waals surface area contributed by atoms with Crippen LogP contribution in [0.3, 0.4) is 0 Å². The van der Waals surface area contributed by atoms with Crippen molar-refractivity contribution in [1.29, 1.82) is 0 Å². The Hall–Kier alpha value is -1.45. The highest BCUT2D eigenvalue weighted by Crippen LogP contribution is 2.60. The van der Waals surface area contributed by atoms with Crippen molar-refractivity contribution < 1.29 is 29.3 Å². The van der Waals surface area contributed by atoms with Crippen LogP contribution < -0.4 is 0 Å². The van der Waals surface area contributed by atoms with Crippen molar-refractivity contribution in [1.82, 2.24) is 9.80 Å². The maximum absolute atomic E-state index is 13.9. The lowest BCUT2D eigenvalue weighted by atomic mass is 9.70. The van der Waals surface area contributed by atoms with Gasteiger partial charge in [0, 0.05) is 30.1 Å². The monoisotopic (exact) mass is 486 g/mol. The van der Waals surface area contributed by atoms with Gasteiger partial charge in [-0.15, -0.1) is 6.58 Å². The molecule has 0 aromatic rings. The Kier molecular flexibility index (Phi) is 6.38. The van der Waals surface area contributed by atoms with Crippen molar-refractivity contribution in [3.63, 3.8) is 0 Å². The summed E-state index contributed by atoms with van der Waals surface area (Å²) >= 11 is 3.53. The van der Waals surface area contributed by atoms with Gasteiger partial charge in [0.15, 0.2) is 0 Å². The van der Waals surface area contributed by atoms with Gasteiger partial charge in [-0.1, -0.05) is 22.0 Å². The minimum Gasteiger partial charge on any atom is -0.481 e. The van der Waals surface area contributed by atoms with Crippen LogP contribution in [0.2, 0.25) is 0 Å². The molecular weight excluding hydrogens is 456 g/mol. The van der Waals surface area contributed by atoms with Crippen LogP contribution in [0.4, 0.5) is 0 Å². The summed E-state index contributed by atoms with van der Waals surface area (Å²) in [5, 5.41) is 19.0. The van der Waals surface area contributed by atoms with Crippen LogP contribution in [0.5, 0.6) is 0 Å². The van der Waals surface area contributed by atoms with E-state index in [2.05, 4.69) is 22.5 Å². The van der Waals surface area contributed by atoms with Crippen molar-refractivity contribution in [2.45, 2.75) is 68.1 Å². The molecule has 3 heterocycles. The Morgan fingerprint density at radius 1 is 1.40 bits per heavy atom. The molecule has 1 spiro atoms. The van der Waals surface area contributed by atoms with E-state index in [1.807, 2.05) is 20.8 Å². The van der Waals surface area contributed by atoms with Crippen LogP contribution in [0.25, 0.3) is 0 Å². The van der Waals surface area contributed by atoms with Crippen LogP contribution in [-0.4, -0.2) is 85.6 Å². The Labute approximate surface area is 185 Å². The van der Waals surface area contributed by atoms with Gasteiger partial charge in [0.05, 0.1) is 17.9 Å². The minimum atomic E-state index is -1.17. The molecule has 9 heteroatoms. The molecule has 0 aromatic carbocycles. The Morgan fingerprint density at radius 3 is 2.60 bits per heavy atom. The Bertz CT molecular complexity index is 737. The minimum absolute atomic E-state index is 0.0143. The fraction of sp³-hybridized carbons (Fsp3) is 0.762. The second-order valence-electron chi connectivity index (χ2n) is 9.37. The van der Waals surface area contributed by atoms with E-state index in [0.29, 0.717) is 25.8 Å². The van der Waals surface area contributed by atoms with E-state index in [9.17, 15) is 19.5 Å². The van der Waals surface area contributed by atoms with E-state index < -0.39 is 41.1 Å². The van der Waals surface area contributed by atoms with Crippen molar-refractivity contribution in [3.8, 4) is 0 Å². The molecule has 3 fully saturated rings. The topological polar surface area (TPSA) is 107 Å². The zero-order chi connectivity index (χ0) is 22.4. The number of unbranched alkanes of at least 4 members (excludes halogenated alkanes) is 1. The zero-order valence-electron chi connectivity index (χ0n) is 17.7. The maximum Gasteiger partial charge on any atom is 0.310 e. The molecule has 3 rings (SSSR count). The van der Waals surface area contributed by atoms with Gasteiger partial charge < -0.3 is 24.7 Å². The first-order valence-electron chi connectivity index (χ1n) is 10.4. The van der Waals surface area contributed by atoms with Crippen molar-refractivity contribution in [3.05, 3.63) is 12.7 Å². The number of aliphatic hydroxyl groups is 1. The number of aliphatic carboxylic acids is 1. The average molecular weight is 487 g/mol. The molecule has 2 amide bonds. The third kappa shape index (κ3) is 3.48. The number of halogens is 1. The largest absolute Gasteiger partial charge is 0.481 e. The molecule has 8 nitrogen and oxygen atoms in total. The van der Waals surface area contributed by atoms with E-state index >= 15 is 0 Å². The molecule has 30 heavy (non-hydrogen) atoms. The van der Waals surface area contributed by atoms with E-state index in [1.165, 1.54) is 4.90 Å². The molecule has 0 aromatic heterocycles. The van der Waals surface area contributed by atoms with Crippen LogP contribution >= 0.6 is 15.9 Å². The number of hydrogen-bond donors (Lipinski definition) is 2. The number of hydrogen-bond acceptors (Lipinski definition) is 5. The first-order chi connectivity index (χ1) is 14.0. The average Bonchev–Trinajstić information content (AvgIpc) is 3.22. The van der Waals surface area contributed by atoms with Crippen molar-refractivity contribution >= 4 is 33.7 Å². The van der Waals surface area contributed by atoms with Crippen LogP contribution in [-0.2, 0) is 19.1 Å². The summed E-state index contributed by atoms with van der Waals surface area (Å²) in [5.41, 5.74) is -1.68. The smallest absolute Gasteiger partial charge is 0.310 e. The zero-order valence-corrected chi connectivity index (χ0v) is 19.3. The summed E-state index contributed by atoms with van der Waals surface area (Å²) in [6, 6.07) is -0.901. The fourth-order valence-electron chi connectivity index (χ4n) is 5.30. The molecule has 2 bridgehead atoms. The molecule has 3 saturated heterocycles. The second-order valence-corrected chi connectivity index (χ2v) is 10.5. The molecule has 6 atom stereocenters. The number of amides is 2.